The number of fused-ring (bicyclic) bond motifs is 1. The molecule has 0 saturated heterocycles. The predicted molar refractivity (Wildman–Crippen MR) is 65.2 cm³/mol. The van der Waals surface area contributed by atoms with Crippen LogP contribution in [-0.2, 0) is 0 Å². The van der Waals surface area contributed by atoms with Crippen LogP contribution >= 0.6 is 0 Å². The van der Waals surface area contributed by atoms with E-state index in [4.69, 9.17) is 5.11 Å². The standard InChI is InChI=1S/C11H11NO2.C2H6/c1-7-4-3-5-12-8(2)6-9(10(7)12)11(13)14;1-2/h3-6H,1-2H3,(H,13,14);1-2H3. The minimum absolute atomic E-state index is 0.376. The number of rotatable bonds is 1. The van der Waals surface area contributed by atoms with Gasteiger partial charge in [0.15, 0.2) is 0 Å². The molecule has 0 unspecified atom stereocenters. The lowest BCUT2D eigenvalue weighted by molar-refractivity contribution is 0.0699. The van der Waals surface area contributed by atoms with Crippen LogP contribution in [0.25, 0.3) is 5.52 Å². The van der Waals surface area contributed by atoms with E-state index in [2.05, 4.69) is 0 Å². The van der Waals surface area contributed by atoms with Crippen molar-refractivity contribution in [3.8, 4) is 0 Å². The Morgan fingerprint density at radius 1 is 1.31 bits per heavy atom. The van der Waals surface area contributed by atoms with Crippen LogP contribution in [0.3, 0.4) is 0 Å². The van der Waals surface area contributed by atoms with Gasteiger partial charge in [-0.2, -0.15) is 0 Å². The van der Waals surface area contributed by atoms with Gasteiger partial charge in [0.1, 0.15) is 0 Å². The Morgan fingerprint density at radius 2 is 1.94 bits per heavy atom. The van der Waals surface area contributed by atoms with E-state index in [1.807, 2.05) is 50.4 Å². The molecule has 0 aliphatic rings. The normalized spacial score (nSPS) is 9.75. The van der Waals surface area contributed by atoms with Gasteiger partial charge in [-0.3, -0.25) is 0 Å². The number of carboxylic acid groups (broad SMARTS) is 1. The SMILES string of the molecule is CC.Cc1cccn2c(C)cc(C(=O)O)c12. The highest BCUT2D eigenvalue weighted by atomic mass is 16.4. The molecule has 0 saturated carbocycles. The largest absolute Gasteiger partial charge is 0.478 e. The Bertz CT molecular complexity index is 512. The van der Waals surface area contributed by atoms with Crippen LogP contribution in [0.15, 0.2) is 24.4 Å². The summed E-state index contributed by atoms with van der Waals surface area (Å²) in [6.45, 7) is 7.82. The van der Waals surface area contributed by atoms with Crippen molar-refractivity contribution in [3.05, 3.63) is 41.2 Å². The fraction of sp³-hybridized carbons (Fsp3) is 0.308. The van der Waals surface area contributed by atoms with E-state index in [9.17, 15) is 4.79 Å². The molecule has 0 bridgehead atoms. The van der Waals surface area contributed by atoms with E-state index in [-0.39, 0.29) is 0 Å². The van der Waals surface area contributed by atoms with Crippen molar-refractivity contribution in [3.63, 3.8) is 0 Å². The van der Waals surface area contributed by atoms with Crippen LogP contribution in [0.5, 0.6) is 0 Å². The van der Waals surface area contributed by atoms with Gasteiger partial charge in [-0.05, 0) is 31.5 Å². The minimum atomic E-state index is -0.870. The Balaban J connectivity index is 0.000000606. The van der Waals surface area contributed by atoms with Crippen LogP contribution in [0.2, 0.25) is 0 Å². The minimum Gasteiger partial charge on any atom is -0.478 e. The van der Waals surface area contributed by atoms with Crippen LogP contribution < -0.4 is 0 Å². The molecule has 1 N–H and O–H groups in total. The smallest absolute Gasteiger partial charge is 0.337 e. The van der Waals surface area contributed by atoms with Gasteiger partial charge < -0.3 is 9.51 Å². The van der Waals surface area contributed by atoms with E-state index >= 15 is 0 Å². The molecule has 2 heterocycles. The first-order valence-electron chi connectivity index (χ1n) is 5.42. The molecule has 2 rings (SSSR count). The Labute approximate surface area is 95.3 Å². The third-order valence-corrected chi connectivity index (χ3v) is 2.41. The fourth-order valence-corrected chi connectivity index (χ4v) is 1.76. The van der Waals surface area contributed by atoms with Gasteiger partial charge in [0.2, 0.25) is 0 Å². The molecule has 16 heavy (non-hydrogen) atoms. The number of aryl methyl sites for hydroxylation is 2. The summed E-state index contributed by atoms with van der Waals surface area (Å²) in [5, 5.41) is 9.01. The summed E-state index contributed by atoms with van der Waals surface area (Å²) in [6.07, 6.45) is 1.88. The van der Waals surface area contributed by atoms with E-state index in [1.54, 1.807) is 6.07 Å². The first kappa shape index (κ1) is 12.3. The molecule has 0 spiro atoms. The van der Waals surface area contributed by atoms with Crippen molar-refractivity contribution in [2.75, 3.05) is 0 Å². The molecular formula is C13H17NO2. The van der Waals surface area contributed by atoms with Gasteiger partial charge >= 0.3 is 5.97 Å². The van der Waals surface area contributed by atoms with Crippen molar-refractivity contribution >= 4 is 11.5 Å². The zero-order valence-corrected chi connectivity index (χ0v) is 10.1. The molecule has 3 nitrogen and oxygen atoms in total. The third kappa shape index (κ3) is 1.94. The fourth-order valence-electron chi connectivity index (χ4n) is 1.76. The Hall–Kier alpha value is -1.77. The number of hydrogen-bond donors (Lipinski definition) is 1. The van der Waals surface area contributed by atoms with E-state index in [1.165, 1.54) is 0 Å². The maximum Gasteiger partial charge on any atom is 0.337 e. The molecule has 0 aliphatic carbocycles. The summed E-state index contributed by atoms with van der Waals surface area (Å²) >= 11 is 0. The molecule has 0 aliphatic heterocycles. The number of pyridine rings is 1. The van der Waals surface area contributed by atoms with Crippen molar-refractivity contribution in [1.82, 2.24) is 4.40 Å². The molecule has 2 aromatic rings. The number of nitrogens with zero attached hydrogens (tertiary/aromatic N) is 1. The van der Waals surface area contributed by atoms with Crippen molar-refractivity contribution < 1.29 is 9.90 Å². The monoisotopic (exact) mass is 219 g/mol. The lowest BCUT2D eigenvalue weighted by Crippen LogP contribution is -1.96. The zero-order chi connectivity index (χ0) is 12.3. The summed E-state index contributed by atoms with van der Waals surface area (Å²) in [5.41, 5.74) is 3.09. The maximum absolute atomic E-state index is 11.0. The highest BCUT2D eigenvalue weighted by Gasteiger charge is 2.13. The second kappa shape index (κ2) is 4.84. The predicted octanol–water partition coefficient (Wildman–Crippen LogP) is 3.28. The summed E-state index contributed by atoms with van der Waals surface area (Å²) < 4.78 is 1.90. The van der Waals surface area contributed by atoms with Crippen molar-refractivity contribution in [1.29, 1.82) is 0 Å². The van der Waals surface area contributed by atoms with E-state index in [0.717, 1.165) is 16.8 Å². The quantitative estimate of drug-likeness (QED) is 0.799. The Morgan fingerprint density at radius 3 is 2.50 bits per heavy atom. The number of carbonyl (C=O) groups is 1. The molecule has 0 atom stereocenters. The summed E-state index contributed by atoms with van der Waals surface area (Å²) in [4.78, 5) is 11.0. The molecule has 0 fully saturated rings. The Kier molecular flexibility index (Phi) is 3.72. The lowest BCUT2D eigenvalue weighted by atomic mass is 10.2. The van der Waals surface area contributed by atoms with Gasteiger partial charge in [-0.25, -0.2) is 4.79 Å². The van der Waals surface area contributed by atoms with E-state index < -0.39 is 5.97 Å². The molecule has 0 aromatic carbocycles. The highest BCUT2D eigenvalue weighted by molar-refractivity contribution is 5.97. The zero-order valence-electron chi connectivity index (χ0n) is 10.1. The van der Waals surface area contributed by atoms with Gasteiger partial charge in [-0.1, -0.05) is 19.9 Å². The van der Waals surface area contributed by atoms with Crippen LogP contribution in [0.4, 0.5) is 0 Å². The van der Waals surface area contributed by atoms with Crippen LogP contribution in [-0.4, -0.2) is 15.5 Å². The molecule has 0 radical (unpaired) electrons. The lowest BCUT2D eigenvalue weighted by Gasteiger charge is -2.01. The number of aromatic carboxylic acids is 1. The van der Waals surface area contributed by atoms with Crippen LogP contribution in [0, 0.1) is 13.8 Å². The third-order valence-electron chi connectivity index (χ3n) is 2.41. The topological polar surface area (TPSA) is 41.7 Å². The molecule has 3 heteroatoms. The number of hydrogen-bond acceptors (Lipinski definition) is 1. The van der Waals surface area contributed by atoms with Gasteiger partial charge in [0.05, 0.1) is 11.1 Å². The first-order valence-corrected chi connectivity index (χ1v) is 5.42. The van der Waals surface area contributed by atoms with Crippen LogP contribution in [0.1, 0.15) is 35.5 Å². The van der Waals surface area contributed by atoms with Gasteiger partial charge in [0.25, 0.3) is 0 Å². The average Bonchev–Trinajstić information content (AvgIpc) is 2.61. The molecule has 0 amide bonds. The summed E-state index contributed by atoms with van der Waals surface area (Å²) in [6, 6.07) is 5.53. The maximum atomic E-state index is 11.0. The second-order valence-corrected chi connectivity index (χ2v) is 3.41. The first-order chi connectivity index (χ1) is 7.61. The van der Waals surface area contributed by atoms with E-state index in [0.29, 0.717) is 5.56 Å². The second-order valence-electron chi connectivity index (χ2n) is 3.41. The van der Waals surface area contributed by atoms with Gasteiger partial charge in [-0.15, -0.1) is 0 Å². The average molecular weight is 219 g/mol. The molecule has 2 aromatic heterocycles. The van der Waals surface area contributed by atoms with Crippen molar-refractivity contribution in [2.24, 2.45) is 0 Å². The highest BCUT2D eigenvalue weighted by Crippen LogP contribution is 2.19. The molecule has 86 valence electrons. The summed E-state index contributed by atoms with van der Waals surface area (Å²) in [5.74, 6) is -0.870. The van der Waals surface area contributed by atoms with Gasteiger partial charge in [0, 0.05) is 11.9 Å². The summed E-state index contributed by atoms with van der Waals surface area (Å²) in [7, 11) is 0. The number of carboxylic acids is 1. The van der Waals surface area contributed by atoms with Crippen molar-refractivity contribution in [2.45, 2.75) is 27.7 Å². The number of aromatic nitrogens is 1. The molecular weight excluding hydrogens is 202 g/mol.